The van der Waals surface area contributed by atoms with Gasteiger partial charge in [0.05, 0.1) is 16.2 Å². The van der Waals surface area contributed by atoms with E-state index in [1.165, 1.54) is 12.1 Å². The minimum Gasteiger partial charge on any atom is -0.487 e. The summed E-state index contributed by atoms with van der Waals surface area (Å²) in [6.45, 7) is 0.649. The zero-order chi connectivity index (χ0) is 20.0. The number of aromatic nitrogens is 1. The van der Waals surface area contributed by atoms with Gasteiger partial charge in [0.2, 0.25) is 0 Å². The van der Waals surface area contributed by atoms with Crippen LogP contribution in [0.1, 0.15) is 21.6 Å². The predicted molar refractivity (Wildman–Crippen MR) is 106 cm³/mol. The predicted octanol–water partition coefficient (Wildman–Crippen LogP) is 2.99. The van der Waals surface area contributed by atoms with Crippen molar-refractivity contribution in [3.05, 3.63) is 89.7 Å². The molecule has 3 rings (SSSR count). The van der Waals surface area contributed by atoms with Gasteiger partial charge in [-0.15, -0.1) is 0 Å². The average molecular weight is 396 g/mol. The highest BCUT2D eigenvalue weighted by Crippen LogP contribution is 2.16. The summed E-state index contributed by atoms with van der Waals surface area (Å²) in [6, 6.07) is 19.1. The molecule has 1 heterocycles. The number of carbonyl (C=O) groups excluding carboxylic acids is 1. The van der Waals surface area contributed by atoms with Gasteiger partial charge in [0.1, 0.15) is 12.4 Å². The molecular weight excluding hydrogens is 376 g/mol. The summed E-state index contributed by atoms with van der Waals surface area (Å²) in [5.74, 6) is 0.264. The fourth-order valence-electron chi connectivity index (χ4n) is 2.60. The fourth-order valence-corrected chi connectivity index (χ4v) is 3.49. The molecule has 0 bridgehead atoms. The van der Waals surface area contributed by atoms with Gasteiger partial charge in [-0.3, -0.25) is 9.78 Å². The lowest BCUT2D eigenvalue weighted by Crippen LogP contribution is -2.24. The molecule has 0 saturated carbocycles. The molecule has 0 saturated heterocycles. The number of benzene rings is 2. The molecule has 144 valence electrons. The highest BCUT2D eigenvalue weighted by atomic mass is 32.2. The number of carbonyl (C=O) groups is 1. The van der Waals surface area contributed by atoms with Gasteiger partial charge in [0.15, 0.2) is 9.84 Å². The number of amides is 1. The highest BCUT2D eigenvalue weighted by Gasteiger charge is 2.17. The van der Waals surface area contributed by atoms with Crippen molar-refractivity contribution >= 4 is 15.7 Å². The van der Waals surface area contributed by atoms with Crippen LogP contribution in [0.5, 0.6) is 5.75 Å². The number of ether oxygens (including phenoxy) is 1. The van der Waals surface area contributed by atoms with E-state index in [1.807, 2.05) is 42.5 Å². The fraction of sp³-hybridized carbons (Fsp3) is 0.143. The molecule has 0 aliphatic rings. The van der Waals surface area contributed by atoms with Gasteiger partial charge in [-0.05, 0) is 42.0 Å². The van der Waals surface area contributed by atoms with Crippen LogP contribution in [0.2, 0.25) is 0 Å². The summed E-state index contributed by atoms with van der Waals surface area (Å²) in [5.41, 5.74) is 1.85. The van der Waals surface area contributed by atoms with Crippen LogP contribution >= 0.6 is 0 Å². The first-order chi connectivity index (χ1) is 13.4. The van der Waals surface area contributed by atoms with E-state index >= 15 is 0 Å². The van der Waals surface area contributed by atoms with Crippen LogP contribution in [-0.2, 0) is 23.0 Å². The number of nitrogens with zero attached hydrogens (tertiary/aromatic N) is 1. The summed E-state index contributed by atoms with van der Waals surface area (Å²) < 4.78 is 29.3. The Labute approximate surface area is 164 Å². The Kier molecular flexibility index (Phi) is 6.06. The summed E-state index contributed by atoms with van der Waals surface area (Å²) in [6.07, 6.45) is 2.80. The Hall–Kier alpha value is -3.19. The minimum absolute atomic E-state index is 0.0192. The van der Waals surface area contributed by atoms with Crippen molar-refractivity contribution in [3.8, 4) is 5.75 Å². The molecule has 3 aromatic rings. The summed E-state index contributed by atoms with van der Waals surface area (Å²) in [4.78, 5) is 16.6. The van der Waals surface area contributed by atoms with Gasteiger partial charge in [-0.2, -0.15) is 0 Å². The van der Waals surface area contributed by atoms with E-state index in [1.54, 1.807) is 18.3 Å². The lowest BCUT2D eigenvalue weighted by molar-refractivity contribution is 0.0947. The van der Waals surface area contributed by atoms with Crippen LogP contribution in [0.4, 0.5) is 0 Å². The molecule has 28 heavy (non-hydrogen) atoms. The maximum Gasteiger partial charge on any atom is 0.252 e. The number of pyridine rings is 1. The van der Waals surface area contributed by atoms with Gasteiger partial charge < -0.3 is 10.1 Å². The highest BCUT2D eigenvalue weighted by molar-refractivity contribution is 7.90. The lowest BCUT2D eigenvalue weighted by atomic mass is 10.2. The molecule has 1 aromatic heterocycles. The van der Waals surface area contributed by atoms with E-state index in [-0.39, 0.29) is 17.0 Å². The van der Waals surface area contributed by atoms with Crippen molar-refractivity contribution in [2.45, 2.75) is 18.0 Å². The average Bonchev–Trinajstić information content (AvgIpc) is 2.71. The van der Waals surface area contributed by atoms with E-state index in [0.29, 0.717) is 12.4 Å². The van der Waals surface area contributed by atoms with Gasteiger partial charge in [-0.25, -0.2) is 8.42 Å². The Morgan fingerprint density at radius 1 is 1.00 bits per heavy atom. The van der Waals surface area contributed by atoms with Crippen LogP contribution in [-0.4, -0.2) is 25.6 Å². The molecule has 1 N–H and O–H groups in total. The third-order valence-corrected chi connectivity index (χ3v) is 5.18. The second-order valence-electron chi connectivity index (χ2n) is 6.20. The molecule has 0 spiro atoms. The lowest BCUT2D eigenvalue weighted by Gasteiger charge is -2.10. The van der Waals surface area contributed by atoms with Crippen LogP contribution in [0.15, 0.2) is 77.8 Å². The topological polar surface area (TPSA) is 85.4 Å². The van der Waals surface area contributed by atoms with Gasteiger partial charge in [-0.1, -0.05) is 30.3 Å². The summed E-state index contributed by atoms with van der Waals surface area (Å²) in [5, 5.41) is 2.75. The number of hydrogen-bond acceptors (Lipinski definition) is 5. The second-order valence-corrected chi connectivity index (χ2v) is 8.19. The van der Waals surface area contributed by atoms with E-state index in [2.05, 4.69) is 10.3 Å². The number of sulfone groups is 1. The Morgan fingerprint density at radius 2 is 1.71 bits per heavy atom. The van der Waals surface area contributed by atoms with Crippen molar-refractivity contribution in [1.82, 2.24) is 10.3 Å². The maximum absolute atomic E-state index is 12.4. The number of nitrogens with one attached hydrogen (secondary N) is 1. The number of rotatable bonds is 7. The first-order valence-corrected chi connectivity index (χ1v) is 10.5. The van der Waals surface area contributed by atoms with Gasteiger partial charge in [0, 0.05) is 19.0 Å². The van der Waals surface area contributed by atoms with E-state index in [4.69, 9.17) is 4.74 Å². The Morgan fingerprint density at radius 3 is 2.39 bits per heavy atom. The van der Waals surface area contributed by atoms with E-state index < -0.39 is 15.7 Å². The van der Waals surface area contributed by atoms with Gasteiger partial charge in [0.25, 0.3) is 5.91 Å². The van der Waals surface area contributed by atoms with Crippen molar-refractivity contribution < 1.29 is 17.9 Å². The third-order valence-electron chi connectivity index (χ3n) is 4.02. The number of hydrogen-bond donors (Lipinski definition) is 1. The van der Waals surface area contributed by atoms with Crippen molar-refractivity contribution in [3.63, 3.8) is 0 Å². The molecule has 0 atom stereocenters. The van der Waals surface area contributed by atoms with Crippen LogP contribution in [0, 0.1) is 0 Å². The largest absolute Gasteiger partial charge is 0.487 e. The van der Waals surface area contributed by atoms with E-state index in [9.17, 15) is 13.2 Å². The molecule has 0 fully saturated rings. The van der Waals surface area contributed by atoms with Crippen LogP contribution < -0.4 is 10.1 Å². The zero-order valence-electron chi connectivity index (χ0n) is 15.3. The summed E-state index contributed by atoms with van der Waals surface area (Å²) in [7, 11) is -3.48. The van der Waals surface area contributed by atoms with Crippen molar-refractivity contribution in [1.29, 1.82) is 0 Å². The summed E-state index contributed by atoms with van der Waals surface area (Å²) >= 11 is 0. The molecule has 2 aromatic carbocycles. The molecule has 0 aliphatic heterocycles. The van der Waals surface area contributed by atoms with E-state index in [0.717, 1.165) is 17.5 Å². The minimum atomic E-state index is -3.48. The maximum atomic E-state index is 12.4. The second kappa shape index (κ2) is 8.67. The normalized spacial score (nSPS) is 11.0. The third kappa shape index (κ3) is 5.17. The van der Waals surface area contributed by atoms with Crippen molar-refractivity contribution in [2.75, 3.05) is 6.26 Å². The molecular formula is C21H20N2O4S. The SMILES string of the molecule is CS(=O)(=O)c1ccccc1C(=O)NCc1ccc(OCc2ccccn2)cc1. The molecule has 1 amide bonds. The molecule has 0 aliphatic carbocycles. The monoisotopic (exact) mass is 396 g/mol. The molecule has 0 radical (unpaired) electrons. The first kappa shape index (κ1) is 19.6. The Balaban J connectivity index is 1.59. The standard InChI is InChI=1S/C21H20N2O4S/c1-28(25,26)20-8-3-2-7-19(20)21(24)23-14-16-9-11-18(12-10-16)27-15-17-6-4-5-13-22-17/h2-13H,14-15H2,1H3,(H,23,24). The molecule has 6 nitrogen and oxygen atoms in total. The van der Waals surface area contributed by atoms with Crippen molar-refractivity contribution in [2.24, 2.45) is 0 Å². The van der Waals surface area contributed by atoms with Gasteiger partial charge >= 0.3 is 0 Å². The zero-order valence-corrected chi connectivity index (χ0v) is 16.1. The van der Waals surface area contributed by atoms with Crippen LogP contribution in [0.3, 0.4) is 0 Å². The quantitative estimate of drug-likeness (QED) is 0.664. The first-order valence-electron chi connectivity index (χ1n) is 8.62. The smallest absolute Gasteiger partial charge is 0.252 e. The molecule has 7 heteroatoms. The van der Waals surface area contributed by atoms with Crippen LogP contribution in [0.25, 0.3) is 0 Å². The Bertz CT molecular complexity index is 1050. The molecule has 0 unspecified atom stereocenters.